The molecule has 0 heterocycles. The van der Waals surface area contributed by atoms with Crippen molar-refractivity contribution >= 4 is 22.7 Å². The molecule has 2 N–H and O–H groups in total. The van der Waals surface area contributed by atoms with E-state index in [9.17, 15) is 0 Å². The quantitative estimate of drug-likeness (QED) is 0.272. The van der Waals surface area contributed by atoms with E-state index in [2.05, 4.69) is 10.2 Å². The van der Waals surface area contributed by atoms with Gasteiger partial charge in [-0.1, -0.05) is 0 Å². The molecule has 0 aliphatic carbocycles. The van der Waals surface area contributed by atoms with Gasteiger partial charge in [-0.25, -0.2) is 8.42 Å². The fraction of sp³-hybridized carbons (Fsp3) is 0.750. The Hall–Kier alpha value is 0.720. The van der Waals surface area contributed by atoms with Gasteiger partial charge in [0.15, 0.2) is 11.1 Å². The van der Waals surface area contributed by atoms with E-state index in [-0.39, 0.29) is 59.1 Å². The van der Waals surface area contributed by atoms with Gasteiger partial charge in [0, 0.05) is 0 Å². The average Bonchev–Trinajstić information content (AvgIpc) is 2.25. The molecule has 0 aromatic heterocycles. The molecular formula is C8H14N4Na2O6S2. The van der Waals surface area contributed by atoms with E-state index in [0.717, 1.165) is 0 Å². The SMILES string of the molecule is CC(C)(C#N)N=NC(C)(C)C#N.O=S([O-])O.O=S([O-])O.[Na+].[Na+]. The molecule has 0 radical (unpaired) electrons. The summed E-state index contributed by atoms with van der Waals surface area (Å²) in [6.07, 6.45) is 0. The maximum atomic E-state index is 8.58. The summed E-state index contributed by atoms with van der Waals surface area (Å²) >= 11 is -5.72. The molecule has 116 valence electrons. The van der Waals surface area contributed by atoms with Crippen molar-refractivity contribution in [2.45, 2.75) is 38.8 Å². The van der Waals surface area contributed by atoms with E-state index >= 15 is 0 Å². The molecule has 14 heteroatoms. The van der Waals surface area contributed by atoms with Crippen LogP contribution in [0.3, 0.4) is 0 Å². The zero-order chi connectivity index (χ0) is 17.0. The molecule has 2 atom stereocenters. The molecule has 2 unspecified atom stereocenters. The molecule has 0 amide bonds. The van der Waals surface area contributed by atoms with Crippen molar-refractivity contribution in [1.82, 2.24) is 0 Å². The minimum atomic E-state index is -2.86. The van der Waals surface area contributed by atoms with Crippen molar-refractivity contribution in [1.29, 1.82) is 10.5 Å². The number of nitrogens with zero attached hydrogens (tertiary/aromatic N) is 4. The number of azo groups is 1. The second-order valence-electron chi connectivity index (χ2n) is 3.98. The summed E-state index contributed by atoms with van der Waals surface area (Å²) in [4.78, 5) is 0. The van der Waals surface area contributed by atoms with Gasteiger partial charge in [-0.05, 0) is 27.7 Å². The van der Waals surface area contributed by atoms with Gasteiger partial charge in [0.2, 0.25) is 0 Å². The molecule has 0 aromatic carbocycles. The predicted octanol–water partition coefficient (Wildman–Crippen LogP) is -5.27. The first kappa shape index (κ1) is 34.1. The van der Waals surface area contributed by atoms with Crippen molar-refractivity contribution in [2.75, 3.05) is 0 Å². The van der Waals surface area contributed by atoms with Crippen molar-refractivity contribution in [3.63, 3.8) is 0 Å². The first-order chi connectivity index (χ1) is 8.79. The first-order valence-electron chi connectivity index (χ1n) is 4.63. The van der Waals surface area contributed by atoms with Crippen molar-refractivity contribution < 1.29 is 85.7 Å². The van der Waals surface area contributed by atoms with Crippen LogP contribution in [-0.4, -0.2) is 37.7 Å². The van der Waals surface area contributed by atoms with E-state index in [1.807, 2.05) is 12.1 Å². The summed E-state index contributed by atoms with van der Waals surface area (Å²) in [5.74, 6) is 0. The van der Waals surface area contributed by atoms with Crippen LogP contribution in [0.25, 0.3) is 0 Å². The largest absolute Gasteiger partial charge is 1.00 e. The topological polar surface area (TPSA) is 193 Å². The molecule has 0 saturated heterocycles. The van der Waals surface area contributed by atoms with Crippen molar-refractivity contribution in [3.05, 3.63) is 0 Å². The van der Waals surface area contributed by atoms with Crippen LogP contribution in [0.2, 0.25) is 0 Å². The fourth-order valence-corrected chi connectivity index (χ4v) is 0.295. The summed E-state index contributed by atoms with van der Waals surface area (Å²) in [5.41, 5.74) is -1.68. The molecule has 10 nitrogen and oxygen atoms in total. The molecule has 0 aromatic rings. The van der Waals surface area contributed by atoms with Crippen molar-refractivity contribution in [3.8, 4) is 12.1 Å². The molecule has 0 spiro atoms. The standard InChI is InChI=1S/C8H12N4.2Na.2H2O3S/c1-7(2,5-9)11-12-8(3,4)6-10;;;2*1-4(2)3/h1-4H3;;;2*(H2,1,2,3)/q;2*+1;;/p-2. The van der Waals surface area contributed by atoms with Crippen LogP contribution >= 0.6 is 0 Å². The van der Waals surface area contributed by atoms with E-state index in [1.54, 1.807) is 27.7 Å². The van der Waals surface area contributed by atoms with Crippen LogP contribution in [0.4, 0.5) is 0 Å². The van der Waals surface area contributed by atoms with Gasteiger partial charge in [-0.2, -0.15) is 20.8 Å². The number of rotatable bonds is 2. The Morgan fingerprint density at radius 3 is 1.09 bits per heavy atom. The Labute approximate surface area is 178 Å². The Morgan fingerprint density at radius 2 is 1.00 bits per heavy atom. The Morgan fingerprint density at radius 1 is 0.864 bits per heavy atom. The maximum absolute atomic E-state index is 8.58. The van der Waals surface area contributed by atoms with Gasteiger partial charge in [-0.15, -0.1) is 0 Å². The normalized spacial score (nSPS) is 12.5. The zero-order valence-corrected chi connectivity index (χ0v) is 18.8. The first-order valence-corrected chi connectivity index (χ1v) is 6.69. The van der Waals surface area contributed by atoms with E-state index < -0.39 is 33.8 Å². The monoisotopic (exact) mass is 372 g/mol. The molecule has 0 bridgehead atoms. The Kier molecular flexibility index (Phi) is 28.0. The minimum Gasteiger partial charge on any atom is -0.750 e. The van der Waals surface area contributed by atoms with Crippen LogP contribution in [0.1, 0.15) is 27.7 Å². The molecule has 0 fully saturated rings. The summed E-state index contributed by atoms with van der Waals surface area (Å²) in [5, 5.41) is 24.7. The van der Waals surface area contributed by atoms with Gasteiger partial charge in [0.1, 0.15) is 0 Å². The molecular weight excluding hydrogens is 358 g/mol. The molecule has 0 rings (SSSR count). The summed E-state index contributed by atoms with van der Waals surface area (Å²) in [7, 11) is 0. The second-order valence-corrected chi connectivity index (χ2v) is 4.84. The maximum Gasteiger partial charge on any atom is 1.00 e. The third kappa shape index (κ3) is 42.8. The average molecular weight is 372 g/mol. The Bertz CT molecular complexity index is 399. The molecule has 22 heavy (non-hydrogen) atoms. The van der Waals surface area contributed by atoms with Crippen LogP contribution in [0.15, 0.2) is 10.2 Å². The third-order valence-corrected chi connectivity index (χ3v) is 1.10. The van der Waals surface area contributed by atoms with Gasteiger partial charge in [0.25, 0.3) is 0 Å². The Balaban J connectivity index is -0.0000000812. The zero-order valence-electron chi connectivity index (χ0n) is 13.1. The van der Waals surface area contributed by atoms with Gasteiger partial charge >= 0.3 is 59.1 Å². The molecule has 0 saturated carbocycles. The number of nitriles is 2. The van der Waals surface area contributed by atoms with Gasteiger partial charge in [-0.3, -0.25) is 0 Å². The summed E-state index contributed by atoms with van der Waals surface area (Å²) < 4.78 is 48.2. The van der Waals surface area contributed by atoms with E-state index in [1.165, 1.54) is 0 Å². The summed E-state index contributed by atoms with van der Waals surface area (Å²) in [6.45, 7) is 6.57. The van der Waals surface area contributed by atoms with Crippen LogP contribution in [0.5, 0.6) is 0 Å². The van der Waals surface area contributed by atoms with Crippen LogP contribution in [-0.2, 0) is 22.7 Å². The molecule has 0 aliphatic rings. The molecule has 0 aliphatic heterocycles. The second kappa shape index (κ2) is 18.1. The summed E-state index contributed by atoms with van der Waals surface area (Å²) in [6, 6.07) is 3.94. The number of hydrogen-bond donors (Lipinski definition) is 2. The van der Waals surface area contributed by atoms with E-state index in [4.69, 9.17) is 37.2 Å². The van der Waals surface area contributed by atoms with Gasteiger partial charge < -0.3 is 18.2 Å². The fourth-order valence-electron chi connectivity index (χ4n) is 0.295. The third-order valence-electron chi connectivity index (χ3n) is 1.10. The van der Waals surface area contributed by atoms with E-state index in [0.29, 0.717) is 0 Å². The van der Waals surface area contributed by atoms with Gasteiger partial charge in [0.05, 0.1) is 34.9 Å². The minimum absolute atomic E-state index is 0. The number of hydrogen-bond acceptors (Lipinski definition) is 8. The predicted molar refractivity (Wildman–Crippen MR) is 67.3 cm³/mol. The van der Waals surface area contributed by atoms with Crippen molar-refractivity contribution in [2.24, 2.45) is 10.2 Å². The van der Waals surface area contributed by atoms with Crippen LogP contribution in [0, 0.1) is 22.7 Å². The van der Waals surface area contributed by atoms with Crippen LogP contribution < -0.4 is 59.1 Å². The smallest absolute Gasteiger partial charge is 0.750 e.